The second-order valence-electron chi connectivity index (χ2n) is 5.87. The quantitative estimate of drug-likeness (QED) is 0.603. The van der Waals surface area contributed by atoms with E-state index in [-0.39, 0.29) is 10.6 Å². The lowest BCUT2D eigenvalue weighted by molar-refractivity contribution is -0.384. The smallest absolute Gasteiger partial charge is 0.269 e. The van der Waals surface area contributed by atoms with Crippen molar-refractivity contribution in [2.75, 3.05) is 38.1 Å². The van der Waals surface area contributed by atoms with E-state index in [4.69, 9.17) is 0 Å². The monoisotopic (exact) mass is 261 g/mol. The Morgan fingerprint density at radius 2 is 1.68 bits per heavy atom. The Morgan fingerprint density at radius 3 is 2.21 bits per heavy atom. The molecular formula is C14H19N3O2. The Labute approximate surface area is 113 Å². The highest BCUT2D eigenvalue weighted by Gasteiger charge is 2.32. The topological polar surface area (TPSA) is 49.6 Å². The van der Waals surface area contributed by atoms with Gasteiger partial charge in [-0.25, -0.2) is 0 Å². The molecule has 1 aromatic rings. The van der Waals surface area contributed by atoms with Gasteiger partial charge in [-0.2, -0.15) is 0 Å². The van der Waals surface area contributed by atoms with E-state index in [1.165, 1.54) is 19.5 Å². The first-order valence-electron chi connectivity index (χ1n) is 6.80. The maximum Gasteiger partial charge on any atom is 0.269 e. The van der Waals surface area contributed by atoms with Gasteiger partial charge in [0.2, 0.25) is 0 Å². The van der Waals surface area contributed by atoms with Crippen molar-refractivity contribution in [1.82, 2.24) is 4.90 Å². The second-order valence-corrected chi connectivity index (χ2v) is 5.87. The van der Waals surface area contributed by atoms with E-state index in [0.29, 0.717) is 0 Å². The third-order valence-electron chi connectivity index (χ3n) is 4.19. The highest BCUT2D eigenvalue weighted by Crippen LogP contribution is 2.31. The zero-order valence-electron chi connectivity index (χ0n) is 11.2. The van der Waals surface area contributed by atoms with Crippen LogP contribution in [0.15, 0.2) is 24.3 Å². The summed E-state index contributed by atoms with van der Waals surface area (Å²) in [6.07, 6.45) is 1.33. The largest absolute Gasteiger partial charge is 0.371 e. The van der Waals surface area contributed by atoms with Gasteiger partial charge in [0.15, 0.2) is 0 Å². The van der Waals surface area contributed by atoms with Gasteiger partial charge < -0.3 is 9.80 Å². The molecule has 2 saturated heterocycles. The molecule has 5 heteroatoms. The number of hydrogen-bond acceptors (Lipinski definition) is 4. The molecule has 2 bridgehead atoms. The number of non-ortho nitro benzene ring substituents is 1. The van der Waals surface area contributed by atoms with Crippen LogP contribution in [0.4, 0.5) is 11.4 Å². The lowest BCUT2D eigenvalue weighted by Gasteiger charge is -2.45. The minimum absolute atomic E-state index is 0.167. The number of benzene rings is 1. The summed E-state index contributed by atoms with van der Waals surface area (Å²) in [5, 5.41) is 10.7. The molecule has 102 valence electrons. The first kappa shape index (κ1) is 12.4. The summed E-state index contributed by atoms with van der Waals surface area (Å²) >= 11 is 0. The Bertz CT molecular complexity index is 456. The lowest BCUT2D eigenvalue weighted by atomic mass is 9.84. The van der Waals surface area contributed by atoms with Gasteiger partial charge in [0.1, 0.15) is 0 Å². The standard InChI is InChI=1S/C14H19N3O2/c1-15-7-11-6-12(8-15)10-16(9-11)13-2-4-14(5-3-13)17(18)19/h2-5,11-12H,6-10H2,1H3. The van der Waals surface area contributed by atoms with E-state index in [9.17, 15) is 10.1 Å². The Hall–Kier alpha value is -1.62. The summed E-state index contributed by atoms with van der Waals surface area (Å²) < 4.78 is 0. The molecule has 2 aliphatic heterocycles. The summed E-state index contributed by atoms with van der Waals surface area (Å²) in [5.74, 6) is 1.46. The van der Waals surface area contributed by atoms with Crippen molar-refractivity contribution in [3.05, 3.63) is 34.4 Å². The third-order valence-corrected chi connectivity index (χ3v) is 4.19. The Kier molecular flexibility index (Phi) is 3.14. The molecule has 2 atom stereocenters. The maximum absolute atomic E-state index is 10.7. The highest BCUT2D eigenvalue weighted by molar-refractivity contribution is 5.51. The molecular weight excluding hydrogens is 242 g/mol. The van der Waals surface area contributed by atoms with Gasteiger partial charge in [0.05, 0.1) is 4.92 Å². The van der Waals surface area contributed by atoms with E-state index >= 15 is 0 Å². The predicted octanol–water partition coefficient (Wildman–Crippen LogP) is 1.98. The van der Waals surface area contributed by atoms with Crippen molar-refractivity contribution >= 4 is 11.4 Å². The number of piperidine rings is 2. The number of nitro benzene ring substituents is 1. The summed E-state index contributed by atoms with van der Waals surface area (Å²) in [6, 6.07) is 6.96. The number of likely N-dealkylation sites (tertiary alicyclic amines) is 1. The Morgan fingerprint density at radius 1 is 1.11 bits per heavy atom. The van der Waals surface area contributed by atoms with Crippen LogP contribution < -0.4 is 4.90 Å². The number of hydrogen-bond donors (Lipinski definition) is 0. The van der Waals surface area contributed by atoms with Crippen LogP contribution in [0, 0.1) is 22.0 Å². The average molecular weight is 261 g/mol. The summed E-state index contributed by atoms with van der Waals surface area (Å²) in [7, 11) is 2.20. The zero-order chi connectivity index (χ0) is 13.4. The predicted molar refractivity (Wildman–Crippen MR) is 74.4 cm³/mol. The van der Waals surface area contributed by atoms with Crippen LogP contribution in [0.2, 0.25) is 0 Å². The summed E-state index contributed by atoms with van der Waals surface area (Å²) in [5.41, 5.74) is 1.28. The van der Waals surface area contributed by atoms with Crippen LogP contribution in [0.3, 0.4) is 0 Å². The molecule has 2 fully saturated rings. The van der Waals surface area contributed by atoms with Gasteiger partial charge in [-0.15, -0.1) is 0 Å². The normalized spacial score (nSPS) is 27.3. The van der Waals surface area contributed by atoms with Crippen molar-refractivity contribution in [2.45, 2.75) is 6.42 Å². The summed E-state index contributed by atoms with van der Waals surface area (Å²) in [4.78, 5) is 15.1. The molecule has 2 heterocycles. The Balaban J connectivity index is 1.74. The van der Waals surface area contributed by atoms with E-state index in [2.05, 4.69) is 16.8 Å². The van der Waals surface area contributed by atoms with Gasteiger partial charge in [-0.3, -0.25) is 10.1 Å². The van der Waals surface area contributed by atoms with Crippen LogP contribution in [0.1, 0.15) is 6.42 Å². The zero-order valence-corrected chi connectivity index (χ0v) is 11.2. The number of fused-ring (bicyclic) bond motifs is 2. The fraction of sp³-hybridized carbons (Fsp3) is 0.571. The first-order chi connectivity index (χ1) is 9.11. The van der Waals surface area contributed by atoms with Gasteiger partial charge >= 0.3 is 0 Å². The molecule has 0 N–H and O–H groups in total. The number of nitrogens with zero attached hydrogens (tertiary/aromatic N) is 3. The van der Waals surface area contributed by atoms with Gasteiger partial charge in [-0.1, -0.05) is 0 Å². The van der Waals surface area contributed by atoms with E-state index in [1.807, 2.05) is 12.1 Å². The van der Waals surface area contributed by atoms with Crippen LogP contribution in [-0.2, 0) is 0 Å². The molecule has 0 aromatic heterocycles. The van der Waals surface area contributed by atoms with E-state index in [1.54, 1.807) is 12.1 Å². The van der Waals surface area contributed by atoms with Crippen LogP contribution in [-0.4, -0.2) is 43.0 Å². The molecule has 0 aliphatic carbocycles. The molecule has 2 aliphatic rings. The van der Waals surface area contributed by atoms with Crippen molar-refractivity contribution < 1.29 is 4.92 Å². The molecule has 1 aromatic carbocycles. The highest BCUT2D eigenvalue weighted by atomic mass is 16.6. The average Bonchev–Trinajstić information content (AvgIpc) is 2.37. The van der Waals surface area contributed by atoms with Crippen molar-refractivity contribution in [1.29, 1.82) is 0 Å². The molecule has 0 radical (unpaired) electrons. The third kappa shape index (κ3) is 2.56. The summed E-state index contributed by atoms with van der Waals surface area (Å²) in [6.45, 7) is 4.47. The number of rotatable bonds is 2. The van der Waals surface area contributed by atoms with E-state index in [0.717, 1.165) is 30.6 Å². The fourth-order valence-corrected chi connectivity index (χ4v) is 3.53. The lowest BCUT2D eigenvalue weighted by Crippen LogP contribution is -2.51. The molecule has 2 unspecified atom stereocenters. The molecule has 0 saturated carbocycles. The van der Waals surface area contributed by atoms with Crippen LogP contribution in [0.5, 0.6) is 0 Å². The van der Waals surface area contributed by atoms with Crippen LogP contribution >= 0.6 is 0 Å². The SMILES string of the molecule is CN1CC2CC(C1)CN(c1ccc([N+](=O)[O-])cc1)C2. The van der Waals surface area contributed by atoms with Crippen molar-refractivity contribution in [2.24, 2.45) is 11.8 Å². The maximum atomic E-state index is 10.7. The minimum Gasteiger partial charge on any atom is -0.371 e. The van der Waals surface area contributed by atoms with Gasteiger partial charge in [-0.05, 0) is 37.4 Å². The number of anilines is 1. The first-order valence-corrected chi connectivity index (χ1v) is 6.80. The molecule has 0 amide bonds. The fourth-order valence-electron chi connectivity index (χ4n) is 3.53. The molecule has 0 spiro atoms. The molecule has 3 rings (SSSR count). The number of nitro groups is 1. The minimum atomic E-state index is -0.344. The van der Waals surface area contributed by atoms with Crippen molar-refractivity contribution in [3.8, 4) is 0 Å². The van der Waals surface area contributed by atoms with Crippen molar-refractivity contribution in [3.63, 3.8) is 0 Å². The van der Waals surface area contributed by atoms with Crippen LogP contribution in [0.25, 0.3) is 0 Å². The molecule has 19 heavy (non-hydrogen) atoms. The second kappa shape index (κ2) is 4.81. The van der Waals surface area contributed by atoms with Gasteiger partial charge in [0.25, 0.3) is 5.69 Å². The van der Waals surface area contributed by atoms with Gasteiger partial charge in [0, 0.05) is 44.0 Å². The van der Waals surface area contributed by atoms with E-state index < -0.39 is 0 Å². The molecule has 5 nitrogen and oxygen atoms in total.